The predicted molar refractivity (Wildman–Crippen MR) is 80.0 cm³/mol. The summed E-state index contributed by atoms with van der Waals surface area (Å²) in [5.74, 6) is 0.308. The monoisotopic (exact) mass is 295 g/mol. The van der Waals surface area contributed by atoms with Crippen molar-refractivity contribution >= 4 is 28.6 Å². The summed E-state index contributed by atoms with van der Waals surface area (Å²) in [4.78, 5) is 12.5. The Kier molecular flexibility index (Phi) is 5.57. The number of thiophene rings is 2. The molecule has 0 spiro atoms. The quantitative estimate of drug-likeness (QED) is 0.824. The minimum absolute atomic E-state index is 0.0110. The van der Waals surface area contributed by atoms with Gasteiger partial charge in [0.15, 0.2) is 0 Å². The number of aliphatic hydroxyl groups excluding tert-OH is 1. The summed E-state index contributed by atoms with van der Waals surface area (Å²) >= 11 is 3.11. The van der Waals surface area contributed by atoms with E-state index >= 15 is 0 Å². The maximum atomic E-state index is 11.8. The molecule has 1 atom stereocenters. The molecule has 19 heavy (non-hydrogen) atoms. The van der Waals surface area contributed by atoms with Crippen molar-refractivity contribution in [3.63, 3.8) is 0 Å². The molecule has 0 aliphatic heterocycles. The molecule has 2 aromatic heterocycles. The van der Waals surface area contributed by atoms with Crippen molar-refractivity contribution in [2.75, 3.05) is 13.2 Å². The number of carbonyl (C=O) groups excluding carboxylic acids is 1. The second-order valence-corrected chi connectivity index (χ2v) is 6.02. The van der Waals surface area contributed by atoms with E-state index < -0.39 is 0 Å². The Morgan fingerprint density at radius 2 is 2.21 bits per heavy atom. The molecule has 102 valence electrons. The number of nitrogens with one attached hydrogen (secondary N) is 1. The summed E-state index contributed by atoms with van der Waals surface area (Å²) in [6.07, 6.45) is 1.60. The van der Waals surface area contributed by atoms with Crippen LogP contribution >= 0.6 is 22.7 Å². The highest BCUT2D eigenvalue weighted by Crippen LogP contribution is 2.24. The Morgan fingerprint density at radius 1 is 1.32 bits per heavy atom. The second kappa shape index (κ2) is 7.43. The molecule has 1 amide bonds. The molecule has 2 aromatic rings. The van der Waals surface area contributed by atoms with Crippen LogP contribution in [-0.4, -0.2) is 24.2 Å². The van der Waals surface area contributed by atoms with Crippen LogP contribution in [0, 0.1) is 0 Å². The number of amides is 1. The Morgan fingerprint density at radius 3 is 2.84 bits per heavy atom. The minimum atomic E-state index is -0.0110. The highest BCUT2D eigenvalue weighted by Gasteiger charge is 2.12. The first-order valence-electron chi connectivity index (χ1n) is 6.26. The van der Waals surface area contributed by atoms with Crippen molar-refractivity contribution in [1.82, 2.24) is 5.32 Å². The maximum absolute atomic E-state index is 11.8. The molecule has 5 heteroatoms. The summed E-state index contributed by atoms with van der Waals surface area (Å²) in [6, 6.07) is 5.79. The van der Waals surface area contributed by atoms with Gasteiger partial charge in [0.25, 0.3) is 5.91 Å². The zero-order valence-corrected chi connectivity index (χ0v) is 12.2. The average Bonchev–Trinajstić information content (AvgIpc) is 3.10. The predicted octanol–water partition coefficient (Wildman–Crippen LogP) is 3.10. The molecule has 0 saturated heterocycles. The van der Waals surface area contributed by atoms with Gasteiger partial charge < -0.3 is 10.4 Å². The lowest BCUT2D eigenvalue weighted by molar-refractivity contribution is 0.0956. The van der Waals surface area contributed by atoms with Gasteiger partial charge in [-0.2, -0.15) is 11.3 Å². The summed E-state index contributed by atoms with van der Waals surface area (Å²) in [5, 5.41) is 18.1. The van der Waals surface area contributed by atoms with Crippen LogP contribution in [-0.2, 0) is 0 Å². The van der Waals surface area contributed by atoms with Crippen molar-refractivity contribution in [3.05, 3.63) is 44.8 Å². The highest BCUT2D eigenvalue weighted by molar-refractivity contribution is 7.12. The highest BCUT2D eigenvalue weighted by atomic mass is 32.1. The van der Waals surface area contributed by atoms with Crippen molar-refractivity contribution in [3.8, 4) is 0 Å². The molecule has 3 nitrogen and oxygen atoms in total. The van der Waals surface area contributed by atoms with Crippen LogP contribution in [0.25, 0.3) is 0 Å². The normalized spacial score (nSPS) is 12.3. The molecule has 0 saturated carbocycles. The van der Waals surface area contributed by atoms with Gasteiger partial charge in [0, 0.05) is 13.2 Å². The molecular weight excluding hydrogens is 278 g/mol. The Hall–Kier alpha value is -1.17. The molecule has 2 heterocycles. The zero-order valence-electron chi connectivity index (χ0n) is 10.5. The van der Waals surface area contributed by atoms with E-state index in [1.807, 2.05) is 22.9 Å². The van der Waals surface area contributed by atoms with E-state index in [0.29, 0.717) is 12.5 Å². The van der Waals surface area contributed by atoms with Crippen molar-refractivity contribution in [2.24, 2.45) is 0 Å². The van der Waals surface area contributed by atoms with Gasteiger partial charge in [0.1, 0.15) is 0 Å². The van der Waals surface area contributed by atoms with Gasteiger partial charge >= 0.3 is 0 Å². The SMILES string of the molecule is O=C(NCC[C@@H](CCO)c1ccsc1)c1cccs1. The summed E-state index contributed by atoms with van der Waals surface area (Å²) < 4.78 is 0. The molecule has 0 unspecified atom stereocenters. The van der Waals surface area contributed by atoms with Gasteiger partial charge in [-0.25, -0.2) is 0 Å². The lowest BCUT2D eigenvalue weighted by Crippen LogP contribution is -2.25. The van der Waals surface area contributed by atoms with Gasteiger partial charge in [-0.05, 0) is 52.6 Å². The van der Waals surface area contributed by atoms with Crippen LogP contribution < -0.4 is 5.32 Å². The van der Waals surface area contributed by atoms with E-state index in [9.17, 15) is 4.79 Å². The smallest absolute Gasteiger partial charge is 0.261 e. The number of aliphatic hydroxyl groups is 1. The molecular formula is C14H17NO2S2. The largest absolute Gasteiger partial charge is 0.396 e. The van der Waals surface area contributed by atoms with E-state index in [2.05, 4.69) is 16.8 Å². The van der Waals surface area contributed by atoms with E-state index in [1.54, 1.807) is 11.3 Å². The first kappa shape index (κ1) is 14.2. The lowest BCUT2D eigenvalue weighted by atomic mass is 9.95. The van der Waals surface area contributed by atoms with Crippen molar-refractivity contribution in [2.45, 2.75) is 18.8 Å². The third-order valence-corrected chi connectivity index (χ3v) is 4.59. The number of hydrogen-bond acceptors (Lipinski definition) is 4. The summed E-state index contributed by atoms with van der Waals surface area (Å²) in [6.45, 7) is 0.816. The molecule has 0 aliphatic carbocycles. The van der Waals surface area contributed by atoms with Gasteiger partial charge in [-0.15, -0.1) is 11.3 Å². The topological polar surface area (TPSA) is 49.3 Å². The molecule has 2 N–H and O–H groups in total. The lowest BCUT2D eigenvalue weighted by Gasteiger charge is -2.14. The van der Waals surface area contributed by atoms with Crippen LogP contribution in [0.3, 0.4) is 0 Å². The van der Waals surface area contributed by atoms with Crippen LogP contribution in [0.15, 0.2) is 34.3 Å². The molecule has 0 aliphatic rings. The van der Waals surface area contributed by atoms with Gasteiger partial charge in [-0.1, -0.05) is 6.07 Å². The van der Waals surface area contributed by atoms with E-state index in [4.69, 9.17) is 5.11 Å². The molecule has 2 rings (SSSR count). The van der Waals surface area contributed by atoms with Gasteiger partial charge in [-0.3, -0.25) is 4.79 Å². The second-order valence-electron chi connectivity index (χ2n) is 4.29. The molecule has 0 radical (unpaired) electrons. The third-order valence-electron chi connectivity index (χ3n) is 3.02. The summed E-state index contributed by atoms with van der Waals surface area (Å²) in [5.41, 5.74) is 1.25. The number of rotatable bonds is 7. The standard InChI is InChI=1S/C14H17NO2S2/c16-7-4-11(12-5-9-18-10-12)3-6-15-14(17)13-2-1-8-19-13/h1-2,5,8-11,16H,3-4,6-7H2,(H,15,17)/t11-/m0/s1. The van der Waals surface area contributed by atoms with Gasteiger partial charge in [0.2, 0.25) is 0 Å². The first-order valence-corrected chi connectivity index (χ1v) is 8.08. The first-order chi connectivity index (χ1) is 9.31. The molecule has 0 fully saturated rings. The Labute approximate surface area is 120 Å². The Bertz CT molecular complexity index is 480. The van der Waals surface area contributed by atoms with E-state index in [0.717, 1.165) is 17.7 Å². The summed E-state index contributed by atoms with van der Waals surface area (Å²) in [7, 11) is 0. The van der Waals surface area contributed by atoms with Crippen LogP contribution in [0.5, 0.6) is 0 Å². The Balaban J connectivity index is 1.81. The zero-order chi connectivity index (χ0) is 13.5. The average molecular weight is 295 g/mol. The third kappa shape index (κ3) is 4.16. The van der Waals surface area contributed by atoms with E-state index in [1.165, 1.54) is 16.9 Å². The minimum Gasteiger partial charge on any atom is -0.396 e. The fourth-order valence-electron chi connectivity index (χ4n) is 2.00. The van der Waals surface area contributed by atoms with Crippen molar-refractivity contribution in [1.29, 1.82) is 0 Å². The van der Waals surface area contributed by atoms with E-state index in [-0.39, 0.29) is 12.5 Å². The number of hydrogen-bond donors (Lipinski definition) is 2. The number of carbonyl (C=O) groups is 1. The van der Waals surface area contributed by atoms with Crippen molar-refractivity contribution < 1.29 is 9.90 Å². The fraction of sp³-hybridized carbons (Fsp3) is 0.357. The van der Waals surface area contributed by atoms with Crippen LogP contribution in [0.1, 0.15) is 34.0 Å². The fourth-order valence-corrected chi connectivity index (χ4v) is 3.38. The molecule has 0 aromatic carbocycles. The van der Waals surface area contributed by atoms with Gasteiger partial charge in [0.05, 0.1) is 4.88 Å². The maximum Gasteiger partial charge on any atom is 0.261 e. The van der Waals surface area contributed by atoms with Crippen LogP contribution in [0.4, 0.5) is 0 Å². The van der Waals surface area contributed by atoms with Crippen LogP contribution in [0.2, 0.25) is 0 Å². The molecule has 0 bridgehead atoms.